The van der Waals surface area contributed by atoms with Crippen LogP contribution in [0, 0.1) is 6.92 Å². The number of aromatic nitrogens is 1. The van der Waals surface area contributed by atoms with Crippen LogP contribution in [0.1, 0.15) is 10.6 Å². The second-order valence-electron chi connectivity index (χ2n) is 2.99. The van der Waals surface area contributed by atoms with E-state index in [0.29, 0.717) is 13.2 Å². The van der Waals surface area contributed by atoms with Crippen molar-refractivity contribution in [3.8, 4) is 0 Å². The normalized spacial score (nSPS) is 10.5. The number of nitrogens with zero attached hydrogens (tertiary/aromatic N) is 1. The van der Waals surface area contributed by atoms with Crippen molar-refractivity contribution in [2.24, 2.45) is 5.73 Å². The summed E-state index contributed by atoms with van der Waals surface area (Å²) < 4.78 is 4.94. The molecule has 0 fully saturated rings. The standard InChI is InChI=1S/C9H17N3OS/c1-7-8(3-4-10)14-9(12-7)11-5-6-13-2/h3-6,10H2,1-2H3,(H,11,12). The van der Waals surface area contributed by atoms with Gasteiger partial charge < -0.3 is 15.8 Å². The molecule has 0 aliphatic heterocycles. The average molecular weight is 215 g/mol. The van der Waals surface area contributed by atoms with Crippen LogP contribution >= 0.6 is 11.3 Å². The topological polar surface area (TPSA) is 60.2 Å². The van der Waals surface area contributed by atoms with Crippen molar-refractivity contribution in [2.75, 3.05) is 32.1 Å². The lowest BCUT2D eigenvalue weighted by molar-refractivity contribution is 0.211. The predicted octanol–water partition coefficient (Wildman–Crippen LogP) is 1.01. The number of nitrogens with two attached hydrogens (primary N) is 1. The summed E-state index contributed by atoms with van der Waals surface area (Å²) in [6, 6.07) is 0. The maximum absolute atomic E-state index is 5.50. The first-order valence-electron chi connectivity index (χ1n) is 4.67. The fourth-order valence-electron chi connectivity index (χ4n) is 1.13. The van der Waals surface area contributed by atoms with Crippen molar-refractivity contribution in [3.05, 3.63) is 10.6 Å². The fourth-order valence-corrected chi connectivity index (χ4v) is 2.13. The summed E-state index contributed by atoms with van der Waals surface area (Å²) in [7, 11) is 1.69. The summed E-state index contributed by atoms with van der Waals surface area (Å²) >= 11 is 1.68. The van der Waals surface area contributed by atoms with Crippen LogP contribution in [0.5, 0.6) is 0 Å². The predicted molar refractivity (Wildman–Crippen MR) is 60.0 cm³/mol. The molecule has 0 atom stereocenters. The Hall–Kier alpha value is -0.650. The molecule has 80 valence electrons. The van der Waals surface area contributed by atoms with Crippen molar-refractivity contribution in [1.29, 1.82) is 0 Å². The first kappa shape index (κ1) is 11.4. The summed E-state index contributed by atoms with van der Waals surface area (Å²) in [5.74, 6) is 0. The molecule has 14 heavy (non-hydrogen) atoms. The molecule has 0 saturated carbocycles. The molecule has 5 heteroatoms. The smallest absolute Gasteiger partial charge is 0.183 e. The molecule has 1 heterocycles. The largest absolute Gasteiger partial charge is 0.383 e. The van der Waals surface area contributed by atoms with Gasteiger partial charge in [-0.3, -0.25) is 0 Å². The van der Waals surface area contributed by atoms with Crippen LogP contribution in [-0.2, 0) is 11.2 Å². The maximum atomic E-state index is 5.50. The number of hydrogen-bond acceptors (Lipinski definition) is 5. The first-order valence-corrected chi connectivity index (χ1v) is 5.48. The van der Waals surface area contributed by atoms with Gasteiger partial charge in [-0.25, -0.2) is 4.98 Å². The third kappa shape index (κ3) is 3.25. The average Bonchev–Trinajstić information content (AvgIpc) is 2.49. The highest BCUT2D eigenvalue weighted by Crippen LogP contribution is 2.22. The van der Waals surface area contributed by atoms with Crippen molar-refractivity contribution in [2.45, 2.75) is 13.3 Å². The van der Waals surface area contributed by atoms with Gasteiger partial charge in [-0.05, 0) is 19.9 Å². The van der Waals surface area contributed by atoms with Crippen LogP contribution < -0.4 is 11.1 Å². The molecule has 0 aliphatic carbocycles. The molecule has 0 radical (unpaired) electrons. The Morgan fingerprint density at radius 1 is 1.57 bits per heavy atom. The van der Waals surface area contributed by atoms with Gasteiger partial charge in [0.25, 0.3) is 0 Å². The Balaban J connectivity index is 2.48. The second-order valence-corrected chi connectivity index (χ2v) is 4.07. The minimum absolute atomic E-state index is 0.681. The number of hydrogen-bond donors (Lipinski definition) is 2. The molecule has 1 aromatic rings. The lowest BCUT2D eigenvalue weighted by Gasteiger charge is -1.99. The van der Waals surface area contributed by atoms with E-state index >= 15 is 0 Å². The monoisotopic (exact) mass is 215 g/mol. The van der Waals surface area contributed by atoms with Crippen LogP contribution in [0.4, 0.5) is 5.13 Å². The van der Waals surface area contributed by atoms with Crippen LogP contribution in [0.15, 0.2) is 0 Å². The zero-order chi connectivity index (χ0) is 10.4. The highest BCUT2D eigenvalue weighted by Gasteiger charge is 2.05. The molecule has 0 aromatic carbocycles. The van der Waals surface area contributed by atoms with Gasteiger partial charge in [0.2, 0.25) is 0 Å². The van der Waals surface area contributed by atoms with Gasteiger partial charge in [-0.2, -0.15) is 0 Å². The molecule has 0 spiro atoms. The Kier molecular flexibility index (Phi) is 4.86. The minimum atomic E-state index is 0.681. The Morgan fingerprint density at radius 3 is 3.00 bits per heavy atom. The summed E-state index contributed by atoms with van der Waals surface area (Å²) in [5, 5.41) is 4.17. The first-order chi connectivity index (χ1) is 6.77. The van der Waals surface area contributed by atoms with E-state index in [-0.39, 0.29) is 0 Å². The van der Waals surface area contributed by atoms with E-state index in [1.807, 2.05) is 6.92 Å². The lowest BCUT2D eigenvalue weighted by atomic mass is 10.3. The molecule has 0 aliphatic rings. The maximum Gasteiger partial charge on any atom is 0.183 e. The molecule has 1 rings (SSSR count). The number of rotatable bonds is 6. The van der Waals surface area contributed by atoms with Crippen LogP contribution in [0.25, 0.3) is 0 Å². The van der Waals surface area contributed by atoms with Crippen molar-refractivity contribution >= 4 is 16.5 Å². The Labute approximate surface area is 88.5 Å². The number of ether oxygens (including phenoxy) is 1. The summed E-state index contributed by atoms with van der Waals surface area (Å²) in [5.41, 5.74) is 6.58. The van der Waals surface area contributed by atoms with Gasteiger partial charge in [0, 0.05) is 18.5 Å². The number of anilines is 1. The molecule has 3 N–H and O–H groups in total. The highest BCUT2D eigenvalue weighted by molar-refractivity contribution is 7.15. The zero-order valence-corrected chi connectivity index (χ0v) is 9.49. The van der Waals surface area contributed by atoms with E-state index in [0.717, 1.165) is 23.8 Å². The van der Waals surface area contributed by atoms with E-state index < -0.39 is 0 Å². The molecule has 0 saturated heterocycles. The van der Waals surface area contributed by atoms with E-state index in [1.54, 1.807) is 18.4 Å². The van der Waals surface area contributed by atoms with E-state index in [9.17, 15) is 0 Å². The van der Waals surface area contributed by atoms with E-state index in [4.69, 9.17) is 10.5 Å². The SMILES string of the molecule is COCCNc1nc(C)c(CCN)s1. The number of nitrogens with one attached hydrogen (secondary N) is 1. The summed E-state index contributed by atoms with van der Waals surface area (Å²) in [6.07, 6.45) is 0.912. The van der Waals surface area contributed by atoms with Gasteiger partial charge in [-0.1, -0.05) is 0 Å². The summed E-state index contributed by atoms with van der Waals surface area (Å²) in [4.78, 5) is 5.67. The van der Waals surface area contributed by atoms with Crippen LogP contribution in [0.3, 0.4) is 0 Å². The Bertz CT molecular complexity index is 275. The molecule has 1 aromatic heterocycles. The van der Waals surface area contributed by atoms with Gasteiger partial charge in [0.1, 0.15) is 0 Å². The number of methoxy groups -OCH3 is 1. The Morgan fingerprint density at radius 2 is 2.36 bits per heavy atom. The molecular weight excluding hydrogens is 198 g/mol. The van der Waals surface area contributed by atoms with Gasteiger partial charge in [0.15, 0.2) is 5.13 Å². The third-order valence-electron chi connectivity index (χ3n) is 1.85. The summed E-state index contributed by atoms with van der Waals surface area (Å²) in [6.45, 7) is 4.19. The van der Waals surface area contributed by atoms with Crippen LogP contribution in [0.2, 0.25) is 0 Å². The van der Waals surface area contributed by atoms with Crippen LogP contribution in [-0.4, -0.2) is 31.8 Å². The molecule has 0 unspecified atom stereocenters. The molecule has 0 bridgehead atoms. The van der Waals surface area contributed by atoms with Gasteiger partial charge >= 0.3 is 0 Å². The van der Waals surface area contributed by atoms with Crippen molar-refractivity contribution in [3.63, 3.8) is 0 Å². The highest BCUT2D eigenvalue weighted by atomic mass is 32.1. The van der Waals surface area contributed by atoms with E-state index in [1.165, 1.54) is 4.88 Å². The van der Waals surface area contributed by atoms with Crippen molar-refractivity contribution < 1.29 is 4.74 Å². The van der Waals surface area contributed by atoms with Crippen molar-refractivity contribution in [1.82, 2.24) is 4.98 Å². The van der Waals surface area contributed by atoms with Gasteiger partial charge in [0.05, 0.1) is 12.3 Å². The third-order valence-corrected chi connectivity index (χ3v) is 3.02. The molecular formula is C9H17N3OS. The van der Waals surface area contributed by atoms with Gasteiger partial charge in [-0.15, -0.1) is 11.3 Å². The van der Waals surface area contributed by atoms with E-state index in [2.05, 4.69) is 10.3 Å². The number of aryl methyl sites for hydroxylation is 1. The minimum Gasteiger partial charge on any atom is -0.383 e. The molecule has 0 amide bonds. The lowest BCUT2D eigenvalue weighted by Crippen LogP contribution is -2.06. The fraction of sp³-hybridized carbons (Fsp3) is 0.667. The zero-order valence-electron chi connectivity index (χ0n) is 8.67. The quantitative estimate of drug-likeness (QED) is 0.695. The number of thiazole rings is 1. The molecule has 4 nitrogen and oxygen atoms in total. The second kappa shape index (κ2) is 5.95.